The zero-order chi connectivity index (χ0) is 11.1. The fourth-order valence-electron chi connectivity index (χ4n) is 0.590. The lowest BCUT2D eigenvalue weighted by molar-refractivity contribution is -0.0827. The molecule has 0 heterocycles. The number of allylic oxidation sites excluding steroid dienone is 1. The van der Waals surface area contributed by atoms with E-state index < -0.39 is 6.29 Å². The molecule has 0 amide bonds. The first kappa shape index (κ1) is 12.9. The maximum absolute atomic E-state index is 9.18. The van der Waals surface area contributed by atoms with Crippen LogP contribution in [0.2, 0.25) is 0 Å². The van der Waals surface area contributed by atoms with Gasteiger partial charge in [-0.25, -0.2) is 0 Å². The summed E-state index contributed by atoms with van der Waals surface area (Å²) in [5, 5.41) is 9.18. The summed E-state index contributed by atoms with van der Waals surface area (Å²) in [6.07, 6.45) is -0.920. The molecule has 0 aliphatic carbocycles. The molecule has 1 unspecified atom stereocenters. The van der Waals surface area contributed by atoms with Crippen molar-refractivity contribution in [3.63, 3.8) is 0 Å². The topological polar surface area (TPSA) is 38.7 Å². The standard InChI is InChI=1S/C11H18O3/c1-8(2)10(5)13-6-7-14-11(12)9(3)4/h11-12H,1,3,5-7H2,2,4H3. The van der Waals surface area contributed by atoms with Gasteiger partial charge >= 0.3 is 0 Å². The van der Waals surface area contributed by atoms with Crippen molar-refractivity contribution in [3.05, 3.63) is 36.6 Å². The van der Waals surface area contributed by atoms with Gasteiger partial charge in [0.15, 0.2) is 6.29 Å². The highest BCUT2D eigenvalue weighted by atomic mass is 16.6. The van der Waals surface area contributed by atoms with Gasteiger partial charge in [0.05, 0.1) is 6.61 Å². The van der Waals surface area contributed by atoms with Crippen LogP contribution in [0.15, 0.2) is 36.6 Å². The van der Waals surface area contributed by atoms with E-state index in [0.29, 0.717) is 24.5 Å². The van der Waals surface area contributed by atoms with E-state index in [1.807, 2.05) is 6.92 Å². The van der Waals surface area contributed by atoms with Gasteiger partial charge in [-0.2, -0.15) is 0 Å². The number of hydrogen-bond donors (Lipinski definition) is 1. The van der Waals surface area contributed by atoms with Gasteiger partial charge in [0.25, 0.3) is 0 Å². The van der Waals surface area contributed by atoms with Gasteiger partial charge < -0.3 is 14.6 Å². The molecule has 14 heavy (non-hydrogen) atoms. The van der Waals surface area contributed by atoms with Crippen LogP contribution in [-0.4, -0.2) is 24.6 Å². The van der Waals surface area contributed by atoms with Gasteiger partial charge in [-0.1, -0.05) is 19.7 Å². The number of hydrogen-bond acceptors (Lipinski definition) is 3. The quantitative estimate of drug-likeness (QED) is 0.223. The summed E-state index contributed by atoms with van der Waals surface area (Å²) in [7, 11) is 0. The predicted molar refractivity (Wildman–Crippen MR) is 56.7 cm³/mol. The summed E-state index contributed by atoms with van der Waals surface area (Å²) in [5.41, 5.74) is 1.36. The molecule has 0 aliphatic heterocycles. The summed E-state index contributed by atoms with van der Waals surface area (Å²) >= 11 is 0. The van der Waals surface area contributed by atoms with Crippen molar-refractivity contribution in [2.45, 2.75) is 20.1 Å². The van der Waals surface area contributed by atoms with Crippen LogP contribution in [0.5, 0.6) is 0 Å². The van der Waals surface area contributed by atoms with Crippen LogP contribution in [0.3, 0.4) is 0 Å². The number of rotatable bonds is 7. The lowest BCUT2D eigenvalue weighted by Gasteiger charge is -2.12. The van der Waals surface area contributed by atoms with Gasteiger partial charge in [-0.15, -0.1) is 0 Å². The Morgan fingerprint density at radius 1 is 1.21 bits per heavy atom. The highest BCUT2D eigenvalue weighted by molar-refractivity contribution is 5.15. The Labute approximate surface area is 85.3 Å². The van der Waals surface area contributed by atoms with Crippen LogP contribution in [0.1, 0.15) is 13.8 Å². The molecule has 80 valence electrons. The third-order valence-corrected chi connectivity index (χ3v) is 1.53. The molecule has 0 radical (unpaired) electrons. The van der Waals surface area contributed by atoms with Crippen LogP contribution in [0.4, 0.5) is 0 Å². The van der Waals surface area contributed by atoms with Gasteiger partial charge in [-0.3, -0.25) is 0 Å². The Balaban J connectivity index is 3.52. The summed E-state index contributed by atoms with van der Waals surface area (Å²) in [5.74, 6) is 0.540. The zero-order valence-electron chi connectivity index (χ0n) is 8.88. The molecular formula is C11H18O3. The fraction of sp³-hybridized carbons (Fsp3) is 0.455. The summed E-state index contributed by atoms with van der Waals surface area (Å²) in [6.45, 7) is 15.0. The third kappa shape index (κ3) is 5.56. The van der Waals surface area contributed by atoms with Crippen LogP contribution in [-0.2, 0) is 9.47 Å². The van der Waals surface area contributed by atoms with Gasteiger partial charge in [-0.05, 0) is 25.0 Å². The van der Waals surface area contributed by atoms with Crippen LogP contribution in [0, 0.1) is 0 Å². The molecule has 0 rings (SSSR count). The van der Waals surface area contributed by atoms with Crippen molar-refractivity contribution in [1.29, 1.82) is 0 Å². The number of aliphatic hydroxyl groups excluding tert-OH is 1. The molecule has 0 saturated carbocycles. The molecule has 1 N–H and O–H groups in total. The van der Waals surface area contributed by atoms with Crippen molar-refractivity contribution in [2.24, 2.45) is 0 Å². The van der Waals surface area contributed by atoms with Crippen LogP contribution in [0.25, 0.3) is 0 Å². The number of ether oxygens (including phenoxy) is 2. The van der Waals surface area contributed by atoms with Gasteiger partial charge in [0.2, 0.25) is 0 Å². The second kappa shape index (κ2) is 6.40. The highest BCUT2D eigenvalue weighted by Crippen LogP contribution is 2.05. The third-order valence-electron chi connectivity index (χ3n) is 1.53. The van der Waals surface area contributed by atoms with E-state index in [0.717, 1.165) is 5.57 Å². The molecule has 0 aromatic rings. The molecule has 0 fully saturated rings. The molecule has 0 aromatic carbocycles. The minimum Gasteiger partial charge on any atom is -0.492 e. The molecule has 0 aliphatic rings. The predicted octanol–water partition coefficient (Wildman–Crippen LogP) is 2.00. The monoisotopic (exact) mass is 198 g/mol. The normalized spacial score (nSPS) is 11.9. The lowest BCUT2D eigenvalue weighted by Crippen LogP contribution is -2.16. The maximum Gasteiger partial charge on any atom is 0.176 e. The van der Waals surface area contributed by atoms with Crippen LogP contribution < -0.4 is 0 Å². The Morgan fingerprint density at radius 2 is 1.79 bits per heavy atom. The van der Waals surface area contributed by atoms with Crippen molar-refractivity contribution in [1.82, 2.24) is 0 Å². The Kier molecular flexibility index (Phi) is 5.92. The second-order valence-corrected chi connectivity index (χ2v) is 3.12. The Morgan fingerprint density at radius 3 is 2.21 bits per heavy atom. The Bertz CT molecular complexity index is 231. The van der Waals surface area contributed by atoms with Crippen molar-refractivity contribution in [2.75, 3.05) is 13.2 Å². The van der Waals surface area contributed by atoms with E-state index in [1.165, 1.54) is 0 Å². The van der Waals surface area contributed by atoms with Gasteiger partial charge in [0, 0.05) is 0 Å². The van der Waals surface area contributed by atoms with E-state index >= 15 is 0 Å². The molecule has 3 heteroatoms. The average molecular weight is 198 g/mol. The largest absolute Gasteiger partial charge is 0.492 e. The van der Waals surface area contributed by atoms with Crippen molar-refractivity contribution >= 4 is 0 Å². The van der Waals surface area contributed by atoms with E-state index in [9.17, 15) is 5.11 Å². The van der Waals surface area contributed by atoms with Gasteiger partial charge in [0.1, 0.15) is 12.4 Å². The van der Waals surface area contributed by atoms with E-state index in [4.69, 9.17) is 9.47 Å². The van der Waals surface area contributed by atoms with E-state index in [2.05, 4.69) is 19.7 Å². The van der Waals surface area contributed by atoms with E-state index in [-0.39, 0.29) is 0 Å². The minimum absolute atomic E-state index is 0.292. The first-order chi connectivity index (χ1) is 6.45. The molecule has 0 saturated heterocycles. The number of aliphatic hydroxyl groups is 1. The zero-order valence-corrected chi connectivity index (χ0v) is 8.88. The summed E-state index contributed by atoms with van der Waals surface area (Å²) < 4.78 is 10.2. The van der Waals surface area contributed by atoms with Crippen LogP contribution >= 0.6 is 0 Å². The first-order valence-corrected chi connectivity index (χ1v) is 4.37. The average Bonchev–Trinajstić information content (AvgIpc) is 2.11. The highest BCUT2D eigenvalue weighted by Gasteiger charge is 2.03. The van der Waals surface area contributed by atoms with E-state index in [1.54, 1.807) is 6.92 Å². The smallest absolute Gasteiger partial charge is 0.176 e. The van der Waals surface area contributed by atoms with Crippen molar-refractivity contribution in [3.8, 4) is 0 Å². The molecular weight excluding hydrogens is 180 g/mol. The molecule has 3 nitrogen and oxygen atoms in total. The minimum atomic E-state index is -0.920. The fourth-order valence-corrected chi connectivity index (χ4v) is 0.590. The lowest BCUT2D eigenvalue weighted by atomic mass is 10.3. The molecule has 0 aromatic heterocycles. The van der Waals surface area contributed by atoms with Crippen molar-refractivity contribution < 1.29 is 14.6 Å². The second-order valence-electron chi connectivity index (χ2n) is 3.12. The summed E-state index contributed by atoms with van der Waals surface area (Å²) in [6, 6.07) is 0. The molecule has 1 atom stereocenters. The molecule has 0 spiro atoms. The molecule has 0 bridgehead atoms. The first-order valence-electron chi connectivity index (χ1n) is 4.37. The summed E-state index contributed by atoms with van der Waals surface area (Å²) in [4.78, 5) is 0. The maximum atomic E-state index is 9.18. The SMILES string of the molecule is C=C(C)C(=C)OCCOC(O)C(=C)C. The Hall–Kier alpha value is -1.06.